The second kappa shape index (κ2) is 6.45. The Hall–Kier alpha value is -2.28. The molecule has 7 heteroatoms. The van der Waals surface area contributed by atoms with Gasteiger partial charge in [0.1, 0.15) is 5.75 Å². The van der Waals surface area contributed by atoms with Crippen molar-refractivity contribution in [3.8, 4) is 5.75 Å². The first-order valence-electron chi connectivity index (χ1n) is 6.28. The molecule has 0 spiro atoms. The number of primary amides is 1. The lowest BCUT2D eigenvalue weighted by Gasteiger charge is -2.08. The molecule has 21 heavy (non-hydrogen) atoms. The van der Waals surface area contributed by atoms with E-state index in [4.69, 9.17) is 10.5 Å². The molecule has 1 aromatic rings. The Morgan fingerprint density at radius 1 is 1.38 bits per heavy atom. The zero-order valence-corrected chi connectivity index (χ0v) is 12.2. The van der Waals surface area contributed by atoms with E-state index < -0.39 is 5.91 Å². The molecule has 1 aliphatic rings. The Labute approximate surface area is 125 Å². The molecule has 0 bridgehead atoms. The van der Waals surface area contributed by atoms with E-state index >= 15 is 0 Å². The number of nitrogens with zero attached hydrogens (tertiary/aromatic N) is 1. The molecular weight excluding hydrogens is 292 g/mol. The molecule has 0 unspecified atom stereocenters. The van der Waals surface area contributed by atoms with E-state index in [1.165, 1.54) is 4.90 Å². The summed E-state index contributed by atoms with van der Waals surface area (Å²) in [6, 6.07) is 6.91. The fraction of sp³-hybridized carbons (Fsp3) is 0.214. The molecule has 2 N–H and O–H groups in total. The van der Waals surface area contributed by atoms with Crippen molar-refractivity contribution < 1.29 is 19.1 Å². The number of imide groups is 1. The highest BCUT2D eigenvalue weighted by Crippen LogP contribution is 2.33. The second-order valence-corrected chi connectivity index (χ2v) is 5.21. The van der Waals surface area contributed by atoms with E-state index in [2.05, 4.69) is 0 Å². The van der Waals surface area contributed by atoms with Crippen molar-refractivity contribution in [3.63, 3.8) is 0 Å². The zero-order chi connectivity index (χ0) is 15.4. The molecule has 2 rings (SSSR count). The Morgan fingerprint density at radius 2 is 2.10 bits per heavy atom. The lowest BCUT2D eigenvalue weighted by Crippen LogP contribution is -2.27. The quantitative estimate of drug-likeness (QED) is 0.835. The number of likely N-dealkylation sites (N-methyl/N-ethyl adjacent to an activating group) is 1. The molecule has 1 fully saturated rings. The molecule has 0 radical (unpaired) electrons. The molecule has 6 nitrogen and oxygen atoms in total. The van der Waals surface area contributed by atoms with Gasteiger partial charge in [-0.05, 0) is 30.8 Å². The summed E-state index contributed by atoms with van der Waals surface area (Å²) in [5.74, 6) is -0.479. The highest BCUT2D eigenvalue weighted by atomic mass is 32.2. The van der Waals surface area contributed by atoms with E-state index in [9.17, 15) is 14.4 Å². The van der Waals surface area contributed by atoms with Crippen molar-refractivity contribution in [2.75, 3.05) is 13.2 Å². The van der Waals surface area contributed by atoms with Crippen molar-refractivity contribution >= 4 is 34.9 Å². The summed E-state index contributed by atoms with van der Waals surface area (Å²) in [5, 5.41) is -0.288. The lowest BCUT2D eigenvalue weighted by atomic mass is 10.2. The van der Waals surface area contributed by atoms with Gasteiger partial charge in [0.15, 0.2) is 6.61 Å². The van der Waals surface area contributed by atoms with Gasteiger partial charge in [0.05, 0.1) is 4.91 Å². The van der Waals surface area contributed by atoms with Gasteiger partial charge in [-0.25, -0.2) is 0 Å². The average molecular weight is 306 g/mol. The van der Waals surface area contributed by atoms with Gasteiger partial charge in [-0.15, -0.1) is 0 Å². The van der Waals surface area contributed by atoms with Gasteiger partial charge < -0.3 is 10.5 Å². The number of amides is 3. The van der Waals surface area contributed by atoms with Crippen molar-refractivity contribution in [2.45, 2.75) is 6.92 Å². The van der Waals surface area contributed by atoms with E-state index in [1.54, 1.807) is 37.3 Å². The lowest BCUT2D eigenvalue weighted by molar-refractivity contribution is -0.122. The largest absolute Gasteiger partial charge is 0.483 e. The number of hydrogen-bond donors (Lipinski definition) is 1. The van der Waals surface area contributed by atoms with Crippen LogP contribution >= 0.6 is 11.8 Å². The number of benzene rings is 1. The molecule has 0 aromatic heterocycles. The number of para-hydroxylation sites is 1. The fourth-order valence-corrected chi connectivity index (χ4v) is 2.69. The molecule has 3 amide bonds. The molecule has 110 valence electrons. The third-order valence-corrected chi connectivity index (χ3v) is 3.67. The van der Waals surface area contributed by atoms with Crippen LogP contribution in [0, 0.1) is 0 Å². The zero-order valence-electron chi connectivity index (χ0n) is 11.4. The molecule has 0 aliphatic carbocycles. The minimum Gasteiger partial charge on any atom is -0.483 e. The van der Waals surface area contributed by atoms with E-state index in [1.807, 2.05) is 0 Å². The van der Waals surface area contributed by atoms with Gasteiger partial charge >= 0.3 is 0 Å². The molecular formula is C14H14N2O4S. The number of carbonyl (C=O) groups excluding carboxylic acids is 3. The normalized spacial score (nSPS) is 16.6. The van der Waals surface area contributed by atoms with Crippen LogP contribution in [0.4, 0.5) is 4.79 Å². The van der Waals surface area contributed by atoms with Crippen LogP contribution in [0.3, 0.4) is 0 Å². The number of carbonyl (C=O) groups is 3. The number of ether oxygens (including phenoxy) is 1. The van der Waals surface area contributed by atoms with E-state index in [0.29, 0.717) is 22.8 Å². The summed E-state index contributed by atoms with van der Waals surface area (Å²) in [6.45, 7) is 1.83. The number of thioether (sulfide) groups is 1. The SMILES string of the molecule is CCN1C(=O)S/C(=C/c2ccccc2OCC(N)=O)C1=O. The third kappa shape index (κ3) is 3.43. The van der Waals surface area contributed by atoms with Crippen molar-refractivity contribution in [1.82, 2.24) is 4.90 Å². The molecule has 0 saturated carbocycles. The highest BCUT2D eigenvalue weighted by molar-refractivity contribution is 8.18. The molecule has 0 atom stereocenters. The smallest absolute Gasteiger partial charge is 0.293 e. The van der Waals surface area contributed by atoms with Crippen LogP contribution in [0.5, 0.6) is 5.75 Å². The Bertz CT molecular complexity index is 627. The van der Waals surface area contributed by atoms with E-state index in [-0.39, 0.29) is 17.8 Å². The standard InChI is InChI=1S/C14H14N2O4S/c1-2-16-13(18)11(21-14(16)19)7-9-5-3-4-6-10(9)20-8-12(15)17/h3-7H,2,8H2,1H3,(H2,15,17)/b11-7+. The van der Waals surface area contributed by atoms with Gasteiger partial charge in [-0.1, -0.05) is 18.2 Å². The van der Waals surface area contributed by atoms with Gasteiger partial charge in [0.2, 0.25) is 0 Å². The summed E-state index contributed by atoms with van der Waals surface area (Å²) < 4.78 is 5.29. The summed E-state index contributed by atoms with van der Waals surface area (Å²) in [7, 11) is 0. The van der Waals surface area contributed by atoms with Crippen molar-refractivity contribution in [2.24, 2.45) is 5.73 Å². The maximum Gasteiger partial charge on any atom is 0.293 e. The molecule has 1 heterocycles. The monoisotopic (exact) mass is 306 g/mol. The van der Waals surface area contributed by atoms with Crippen molar-refractivity contribution in [3.05, 3.63) is 34.7 Å². The second-order valence-electron chi connectivity index (χ2n) is 4.22. The van der Waals surface area contributed by atoms with Gasteiger partial charge in [-0.2, -0.15) is 0 Å². The third-order valence-electron chi connectivity index (χ3n) is 2.77. The number of nitrogens with two attached hydrogens (primary N) is 1. The average Bonchev–Trinajstić information content (AvgIpc) is 2.72. The number of rotatable bonds is 5. The summed E-state index contributed by atoms with van der Waals surface area (Å²) in [4.78, 5) is 36.0. The van der Waals surface area contributed by atoms with Gasteiger partial charge in [0, 0.05) is 12.1 Å². The predicted molar refractivity (Wildman–Crippen MR) is 79.5 cm³/mol. The predicted octanol–water partition coefficient (Wildman–Crippen LogP) is 1.61. The maximum atomic E-state index is 12.0. The Morgan fingerprint density at radius 3 is 2.71 bits per heavy atom. The van der Waals surface area contributed by atoms with Gasteiger partial charge in [0.25, 0.3) is 17.1 Å². The molecule has 1 aliphatic heterocycles. The summed E-state index contributed by atoms with van der Waals surface area (Å²) >= 11 is 0.886. The molecule has 1 aromatic carbocycles. The van der Waals surface area contributed by atoms with E-state index in [0.717, 1.165) is 11.8 Å². The van der Waals surface area contributed by atoms with Crippen LogP contribution in [-0.4, -0.2) is 35.1 Å². The van der Waals surface area contributed by atoms with Crippen LogP contribution in [0.15, 0.2) is 29.2 Å². The van der Waals surface area contributed by atoms with Gasteiger partial charge in [-0.3, -0.25) is 19.3 Å². The van der Waals surface area contributed by atoms with Crippen LogP contribution in [-0.2, 0) is 9.59 Å². The van der Waals surface area contributed by atoms with Crippen LogP contribution in [0.25, 0.3) is 6.08 Å². The highest BCUT2D eigenvalue weighted by Gasteiger charge is 2.33. The number of hydrogen-bond acceptors (Lipinski definition) is 5. The fourth-order valence-electron chi connectivity index (χ4n) is 1.79. The van der Waals surface area contributed by atoms with Crippen LogP contribution < -0.4 is 10.5 Å². The Balaban J connectivity index is 2.27. The van der Waals surface area contributed by atoms with Crippen molar-refractivity contribution in [1.29, 1.82) is 0 Å². The first-order chi connectivity index (χ1) is 10.0. The summed E-state index contributed by atoms with van der Waals surface area (Å²) in [5.41, 5.74) is 5.65. The maximum absolute atomic E-state index is 12.0. The van der Waals surface area contributed by atoms with Crippen LogP contribution in [0.2, 0.25) is 0 Å². The first kappa shape index (κ1) is 15.1. The Kier molecular flexibility index (Phi) is 4.64. The summed E-state index contributed by atoms with van der Waals surface area (Å²) in [6.07, 6.45) is 1.58. The molecule has 1 saturated heterocycles. The first-order valence-corrected chi connectivity index (χ1v) is 7.10. The topological polar surface area (TPSA) is 89.7 Å². The minimum atomic E-state index is -0.587. The van der Waals surface area contributed by atoms with Crippen LogP contribution in [0.1, 0.15) is 12.5 Å². The minimum absolute atomic E-state index is 0.249.